The first-order valence-corrected chi connectivity index (χ1v) is 5.58. The van der Waals surface area contributed by atoms with Gasteiger partial charge < -0.3 is 0 Å². The van der Waals surface area contributed by atoms with E-state index >= 15 is 0 Å². The van der Waals surface area contributed by atoms with Gasteiger partial charge in [-0.2, -0.15) is 0 Å². The van der Waals surface area contributed by atoms with Crippen LogP contribution in [0.15, 0.2) is 12.2 Å². The predicted molar refractivity (Wildman–Crippen MR) is 49.7 cm³/mol. The highest BCUT2D eigenvalue weighted by Gasteiger charge is 2.51. The van der Waals surface area contributed by atoms with Crippen LogP contribution in [-0.4, -0.2) is 4.83 Å². The molecule has 0 spiro atoms. The van der Waals surface area contributed by atoms with E-state index in [1.54, 1.807) is 0 Å². The zero-order chi connectivity index (χ0) is 7.42. The number of hydrogen-bond acceptors (Lipinski definition) is 0. The Morgan fingerprint density at radius 1 is 1.18 bits per heavy atom. The van der Waals surface area contributed by atoms with Crippen molar-refractivity contribution < 1.29 is 0 Å². The fourth-order valence-electron chi connectivity index (χ4n) is 3.46. The van der Waals surface area contributed by atoms with Gasteiger partial charge in [0.1, 0.15) is 0 Å². The van der Waals surface area contributed by atoms with Crippen molar-refractivity contribution in [1.82, 2.24) is 0 Å². The molecule has 0 heterocycles. The molecule has 0 unspecified atom stereocenters. The standard InChI is InChI=1S/C10H13Br/c11-10-5-6-4-9(10)8-3-1-2-7(6)8/h1,3,6-10H,2,4-5H2/t6-,7-,8-,9+,10-/m1/s1. The Morgan fingerprint density at radius 3 is 3.00 bits per heavy atom. The lowest BCUT2D eigenvalue weighted by Crippen LogP contribution is -2.24. The minimum atomic E-state index is 0.844. The minimum Gasteiger partial charge on any atom is -0.0887 e. The van der Waals surface area contributed by atoms with Crippen LogP contribution in [0.5, 0.6) is 0 Å². The van der Waals surface area contributed by atoms with E-state index in [1.807, 2.05) is 0 Å². The van der Waals surface area contributed by atoms with E-state index in [9.17, 15) is 0 Å². The normalized spacial score (nSPS) is 58.8. The fraction of sp³-hybridized carbons (Fsp3) is 0.800. The number of alkyl halides is 1. The lowest BCUT2D eigenvalue weighted by molar-refractivity contribution is 0.294. The molecule has 0 aliphatic heterocycles. The second-order valence-electron chi connectivity index (χ2n) is 4.32. The van der Waals surface area contributed by atoms with Crippen molar-refractivity contribution >= 4 is 15.9 Å². The van der Waals surface area contributed by atoms with Gasteiger partial charge in [0, 0.05) is 4.83 Å². The van der Waals surface area contributed by atoms with Crippen LogP contribution in [0.3, 0.4) is 0 Å². The third-order valence-electron chi connectivity index (χ3n) is 3.93. The van der Waals surface area contributed by atoms with E-state index in [2.05, 4.69) is 28.1 Å². The molecule has 60 valence electrons. The summed E-state index contributed by atoms with van der Waals surface area (Å²) < 4.78 is 0. The van der Waals surface area contributed by atoms with Crippen LogP contribution in [-0.2, 0) is 0 Å². The fourth-order valence-corrected chi connectivity index (χ4v) is 4.51. The molecule has 2 fully saturated rings. The Labute approximate surface area is 76.2 Å². The van der Waals surface area contributed by atoms with Crippen molar-refractivity contribution in [3.05, 3.63) is 12.2 Å². The average molecular weight is 213 g/mol. The molecule has 1 heteroatoms. The molecule has 0 aromatic heterocycles. The highest BCUT2D eigenvalue weighted by Crippen LogP contribution is 2.58. The van der Waals surface area contributed by atoms with Gasteiger partial charge in [-0.05, 0) is 42.9 Å². The summed E-state index contributed by atoms with van der Waals surface area (Å²) in [4.78, 5) is 0.844. The van der Waals surface area contributed by atoms with E-state index in [1.165, 1.54) is 19.3 Å². The molecular weight excluding hydrogens is 200 g/mol. The van der Waals surface area contributed by atoms with Crippen LogP contribution >= 0.6 is 15.9 Å². The van der Waals surface area contributed by atoms with Gasteiger partial charge in [0.2, 0.25) is 0 Å². The summed E-state index contributed by atoms with van der Waals surface area (Å²) in [6.07, 6.45) is 9.22. The van der Waals surface area contributed by atoms with Gasteiger partial charge in [0.25, 0.3) is 0 Å². The smallest absolute Gasteiger partial charge is 0.0182 e. The average Bonchev–Trinajstić information content (AvgIpc) is 2.52. The molecule has 0 aromatic carbocycles. The minimum absolute atomic E-state index is 0.844. The first kappa shape index (κ1) is 6.71. The van der Waals surface area contributed by atoms with Gasteiger partial charge in [-0.25, -0.2) is 0 Å². The Bertz CT molecular complexity index is 209. The lowest BCUT2D eigenvalue weighted by atomic mass is 9.81. The molecule has 2 bridgehead atoms. The predicted octanol–water partition coefficient (Wildman–Crippen LogP) is 2.98. The molecule has 0 N–H and O–H groups in total. The molecule has 3 aliphatic rings. The van der Waals surface area contributed by atoms with Gasteiger partial charge in [0.05, 0.1) is 0 Å². The van der Waals surface area contributed by atoms with Crippen molar-refractivity contribution in [1.29, 1.82) is 0 Å². The maximum atomic E-state index is 3.80. The van der Waals surface area contributed by atoms with Crippen molar-refractivity contribution in [3.8, 4) is 0 Å². The number of fused-ring (bicyclic) bond motifs is 5. The SMILES string of the molecule is Br[C@@H]1C[C@H]2C[C@H]1[C@@H]1C=CC[C@H]21. The molecule has 2 saturated carbocycles. The number of hydrogen-bond donors (Lipinski definition) is 0. The first-order chi connectivity index (χ1) is 5.36. The third-order valence-corrected chi connectivity index (χ3v) is 4.98. The quantitative estimate of drug-likeness (QED) is 0.428. The molecule has 3 aliphatic carbocycles. The summed E-state index contributed by atoms with van der Waals surface area (Å²) in [6, 6.07) is 0. The Hall–Kier alpha value is 0.220. The van der Waals surface area contributed by atoms with E-state index in [4.69, 9.17) is 0 Å². The van der Waals surface area contributed by atoms with Crippen molar-refractivity contribution in [2.45, 2.75) is 24.1 Å². The third kappa shape index (κ3) is 0.756. The van der Waals surface area contributed by atoms with Gasteiger partial charge in [-0.3, -0.25) is 0 Å². The van der Waals surface area contributed by atoms with E-state index in [0.29, 0.717) is 0 Å². The van der Waals surface area contributed by atoms with Gasteiger partial charge in [-0.1, -0.05) is 28.1 Å². The maximum absolute atomic E-state index is 3.80. The van der Waals surface area contributed by atoms with Gasteiger partial charge in [0.15, 0.2) is 0 Å². The Kier molecular flexibility index (Phi) is 1.30. The Morgan fingerprint density at radius 2 is 2.09 bits per heavy atom. The molecular formula is C10H13Br. The van der Waals surface area contributed by atoms with Gasteiger partial charge >= 0.3 is 0 Å². The highest BCUT2D eigenvalue weighted by molar-refractivity contribution is 9.09. The summed E-state index contributed by atoms with van der Waals surface area (Å²) in [6.45, 7) is 0. The van der Waals surface area contributed by atoms with Crippen molar-refractivity contribution in [2.24, 2.45) is 23.7 Å². The zero-order valence-corrected chi connectivity index (χ0v) is 8.13. The monoisotopic (exact) mass is 212 g/mol. The number of rotatable bonds is 0. The topological polar surface area (TPSA) is 0 Å². The van der Waals surface area contributed by atoms with Crippen LogP contribution in [0.25, 0.3) is 0 Å². The van der Waals surface area contributed by atoms with Crippen molar-refractivity contribution in [2.75, 3.05) is 0 Å². The molecule has 0 amide bonds. The summed E-state index contributed by atoms with van der Waals surface area (Å²) in [5.41, 5.74) is 0. The Balaban J connectivity index is 1.94. The lowest BCUT2D eigenvalue weighted by Gasteiger charge is -2.27. The summed E-state index contributed by atoms with van der Waals surface area (Å²) >= 11 is 3.80. The van der Waals surface area contributed by atoms with Crippen LogP contribution < -0.4 is 0 Å². The highest BCUT2D eigenvalue weighted by atomic mass is 79.9. The molecule has 0 nitrogen and oxygen atoms in total. The molecule has 0 saturated heterocycles. The number of allylic oxidation sites excluding steroid dienone is 2. The zero-order valence-electron chi connectivity index (χ0n) is 6.54. The van der Waals surface area contributed by atoms with Crippen LogP contribution in [0, 0.1) is 23.7 Å². The van der Waals surface area contributed by atoms with Crippen LogP contribution in [0.1, 0.15) is 19.3 Å². The largest absolute Gasteiger partial charge is 0.0887 e. The van der Waals surface area contributed by atoms with Crippen LogP contribution in [0.4, 0.5) is 0 Å². The second kappa shape index (κ2) is 2.12. The summed E-state index contributed by atoms with van der Waals surface area (Å²) in [5, 5.41) is 0. The first-order valence-electron chi connectivity index (χ1n) is 4.67. The molecule has 5 atom stereocenters. The maximum Gasteiger partial charge on any atom is 0.0182 e. The molecule has 0 radical (unpaired) electrons. The van der Waals surface area contributed by atoms with E-state index in [0.717, 1.165) is 28.5 Å². The summed E-state index contributed by atoms with van der Waals surface area (Å²) in [5.74, 6) is 4.06. The molecule has 3 rings (SSSR count). The van der Waals surface area contributed by atoms with Gasteiger partial charge in [-0.15, -0.1) is 0 Å². The van der Waals surface area contributed by atoms with Crippen LogP contribution in [0.2, 0.25) is 0 Å². The van der Waals surface area contributed by atoms with E-state index < -0.39 is 0 Å². The summed E-state index contributed by atoms with van der Waals surface area (Å²) in [7, 11) is 0. The van der Waals surface area contributed by atoms with E-state index in [-0.39, 0.29) is 0 Å². The second-order valence-corrected chi connectivity index (χ2v) is 5.49. The molecule has 0 aromatic rings. The number of halogens is 1. The van der Waals surface area contributed by atoms with Crippen molar-refractivity contribution in [3.63, 3.8) is 0 Å². The molecule has 11 heavy (non-hydrogen) atoms.